The molecule has 19 heavy (non-hydrogen) atoms. The normalized spacial score (nSPS) is 12.2. The van der Waals surface area contributed by atoms with Crippen molar-refractivity contribution in [2.24, 2.45) is 0 Å². The van der Waals surface area contributed by atoms with E-state index in [2.05, 4.69) is 10.2 Å². The van der Waals surface area contributed by atoms with Gasteiger partial charge in [0.25, 0.3) is 0 Å². The van der Waals surface area contributed by atoms with E-state index in [1.54, 1.807) is 0 Å². The molecule has 0 bridgehead atoms. The Morgan fingerprint density at radius 3 is 2.68 bits per heavy atom. The van der Waals surface area contributed by atoms with E-state index in [0.29, 0.717) is 18.8 Å². The predicted octanol–water partition coefficient (Wildman–Crippen LogP) is 1.81. The molecular weight excluding hydrogens is 245 g/mol. The summed E-state index contributed by atoms with van der Waals surface area (Å²) in [6, 6.07) is 5.91. The summed E-state index contributed by atoms with van der Waals surface area (Å²) in [5.74, 6) is -0.439. The molecule has 2 N–H and O–H groups in total. The molecule has 0 heterocycles. The number of anilines is 1. The van der Waals surface area contributed by atoms with Gasteiger partial charge >= 0.3 is 0 Å². The maximum atomic E-state index is 13.0. The first-order valence-electron chi connectivity index (χ1n) is 6.44. The van der Waals surface area contributed by atoms with Gasteiger partial charge in [0, 0.05) is 13.1 Å². The monoisotopic (exact) mass is 265 g/mol. The lowest BCUT2D eigenvalue weighted by atomic mass is 10.2. The predicted molar refractivity (Wildman–Crippen MR) is 73.4 cm³/mol. The number of nitrogens with one attached hydrogen (secondary N) is 1. The summed E-state index contributed by atoms with van der Waals surface area (Å²) in [5, 5.41) is 21.8. The molecule has 0 spiro atoms. The molecule has 1 rings (SSSR count). The number of rotatable bonds is 7. The second-order valence-electron chi connectivity index (χ2n) is 4.32. The van der Waals surface area contributed by atoms with Crippen LogP contribution in [0.15, 0.2) is 18.2 Å². The summed E-state index contributed by atoms with van der Waals surface area (Å²) < 4.78 is 13.0. The molecule has 0 saturated carbocycles. The first-order chi connectivity index (χ1) is 9.10. The molecule has 5 heteroatoms. The first-order valence-corrected chi connectivity index (χ1v) is 6.44. The number of aliphatic hydroxyl groups excluding tert-OH is 1. The van der Waals surface area contributed by atoms with Crippen LogP contribution in [0.4, 0.5) is 10.1 Å². The van der Waals surface area contributed by atoms with Crippen LogP contribution < -0.4 is 5.32 Å². The van der Waals surface area contributed by atoms with Gasteiger partial charge in [-0.25, -0.2) is 4.39 Å². The lowest BCUT2D eigenvalue weighted by Crippen LogP contribution is -2.36. The summed E-state index contributed by atoms with van der Waals surface area (Å²) in [4.78, 5) is 2.11. The maximum absolute atomic E-state index is 13.0. The van der Waals surface area contributed by atoms with Crippen molar-refractivity contribution in [2.45, 2.75) is 20.0 Å². The number of halogens is 1. The Hall–Kier alpha value is -1.64. The van der Waals surface area contributed by atoms with Crippen molar-refractivity contribution in [2.75, 3.05) is 31.5 Å². The summed E-state index contributed by atoms with van der Waals surface area (Å²) >= 11 is 0. The number of benzene rings is 1. The molecule has 1 atom stereocenters. The van der Waals surface area contributed by atoms with E-state index >= 15 is 0 Å². The topological polar surface area (TPSA) is 59.3 Å². The van der Waals surface area contributed by atoms with Gasteiger partial charge in [0.15, 0.2) is 0 Å². The molecule has 0 saturated heterocycles. The highest BCUT2D eigenvalue weighted by Gasteiger charge is 2.10. The number of nitriles is 1. The highest BCUT2D eigenvalue weighted by Crippen LogP contribution is 2.15. The standard InChI is InChI=1S/C14H20FN3O/c1-3-18(4-2)10-13(19)9-17-14-6-5-12(15)7-11(14)8-16/h5-7,13,17,19H,3-4,9-10H2,1-2H3. The highest BCUT2D eigenvalue weighted by atomic mass is 19.1. The molecule has 1 aromatic carbocycles. The molecule has 4 nitrogen and oxygen atoms in total. The minimum absolute atomic E-state index is 0.245. The molecule has 0 amide bonds. The van der Waals surface area contributed by atoms with Crippen molar-refractivity contribution in [3.63, 3.8) is 0 Å². The fraction of sp³-hybridized carbons (Fsp3) is 0.500. The first kappa shape index (κ1) is 15.4. The third-order valence-corrected chi connectivity index (χ3v) is 2.99. The Morgan fingerprint density at radius 1 is 1.42 bits per heavy atom. The number of nitrogens with zero attached hydrogens (tertiary/aromatic N) is 2. The van der Waals surface area contributed by atoms with Crippen molar-refractivity contribution in [3.8, 4) is 6.07 Å². The van der Waals surface area contributed by atoms with Crippen LogP contribution >= 0.6 is 0 Å². The minimum atomic E-state index is -0.531. The van der Waals surface area contributed by atoms with Gasteiger partial charge in [-0.05, 0) is 31.3 Å². The largest absolute Gasteiger partial charge is 0.390 e. The third kappa shape index (κ3) is 4.86. The SMILES string of the molecule is CCN(CC)CC(O)CNc1ccc(F)cc1C#N. The second-order valence-corrected chi connectivity index (χ2v) is 4.32. The van der Waals surface area contributed by atoms with Crippen molar-refractivity contribution < 1.29 is 9.50 Å². The van der Waals surface area contributed by atoms with Crippen LogP contribution in [-0.4, -0.2) is 42.3 Å². The lowest BCUT2D eigenvalue weighted by molar-refractivity contribution is 0.128. The Morgan fingerprint density at radius 2 is 2.11 bits per heavy atom. The minimum Gasteiger partial charge on any atom is -0.390 e. The molecule has 0 aliphatic carbocycles. The number of hydrogen-bond donors (Lipinski definition) is 2. The number of aliphatic hydroxyl groups is 1. The summed E-state index contributed by atoms with van der Waals surface area (Å²) in [5.41, 5.74) is 0.789. The van der Waals surface area contributed by atoms with E-state index < -0.39 is 11.9 Å². The molecular formula is C14H20FN3O. The van der Waals surface area contributed by atoms with Crippen LogP contribution in [0.25, 0.3) is 0 Å². The molecule has 1 aromatic rings. The van der Waals surface area contributed by atoms with E-state index in [1.807, 2.05) is 19.9 Å². The van der Waals surface area contributed by atoms with E-state index in [9.17, 15) is 9.50 Å². The zero-order valence-electron chi connectivity index (χ0n) is 11.4. The van der Waals surface area contributed by atoms with Gasteiger partial charge in [-0.3, -0.25) is 0 Å². The third-order valence-electron chi connectivity index (χ3n) is 2.99. The van der Waals surface area contributed by atoms with Crippen LogP contribution in [0, 0.1) is 17.1 Å². The number of hydrogen-bond acceptors (Lipinski definition) is 4. The Balaban J connectivity index is 2.55. The molecule has 0 aromatic heterocycles. The van der Waals surface area contributed by atoms with Crippen molar-refractivity contribution in [1.82, 2.24) is 4.90 Å². The van der Waals surface area contributed by atoms with Crippen molar-refractivity contribution >= 4 is 5.69 Å². The van der Waals surface area contributed by atoms with Crippen LogP contribution in [0.1, 0.15) is 19.4 Å². The fourth-order valence-corrected chi connectivity index (χ4v) is 1.84. The van der Waals surface area contributed by atoms with Crippen molar-refractivity contribution in [3.05, 3.63) is 29.6 Å². The zero-order valence-corrected chi connectivity index (χ0v) is 11.4. The van der Waals surface area contributed by atoms with Crippen molar-refractivity contribution in [1.29, 1.82) is 5.26 Å². The van der Waals surface area contributed by atoms with Crippen LogP contribution in [0.3, 0.4) is 0 Å². The average molecular weight is 265 g/mol. The molecule has 104 valence electrons. The average Bonchev–Trinajstić information content (AvgIpc) is 2.43. The molecule has 0 radical (unpaired) electrons. The summed E-state index contributed by atoms with van der Waals surface area (Å²) in [7, 11) is 0. The molecule has 0 aliphatic rings. The van der Waals surface area contributed by atoms with E-state index in [4.69, 9.17) is 5.26 Å². The summed E-state index contributed by atoms with van der Waals surface area (Å²) in [6.07, 6.45) is -0.531. The van der Waals surface area contributed by atoms with Gasteiger partial charge in [0.1, 0.15) is 11.9 Å². The second kappa shape index (κ2) is 7.72. The quantitative estimate of drug-likeness (QED) is 0.789. The smallest absolute Gasteiger partial charge is 0.124 e. The van der Waals surface area contributed by atoms with Crippen LogP contribution in [0.5, 0.6) is 0 Å². The number of likely N-dealkylation sites (N-methyl/N-ethyl adjacent to an activating group) is 1. The van der Waals surface area contributed by atoms with Gasteiger partial charge in [0.05, 0.1) is 17.4 Å². The van der Waals surface area contributed by atoms with Gasteiger partial charge in [-0.1, -0.05) is 13.8 Å². The lowest BCUT2D eigenvalue weighted by Gasteiger charge is -2.22. The van der Waals surface area contributed by atoms with Gasteiger partial charge in [-0.15, -0.1) is 0 Å². The molecule has 0 fully saturated rings. The summed E-state index contributed by atoms with van der Waals surface area (Å²) in [6.45, 7) is 6.75. The van der Waals surface area contributed by atoms with E-state index in [-0.39, 0.29) is 5.56 Å². The van der Waals surface area contributed by atoms with E-state index in [1.165, 1.54) is 18.2 Å². The van der Waals surface area contributed by atoms with Gasteiger partial charge < -0.3 is 15.3 Å². The zero-order chi connectivity index (χ0) is 14.3. The van der Waals surface area contributed by atoms with E-state index in [0.717, 1.165) is 13.1 Å². The maximum Gasteiger partial charge on any atom is 0.124 e. The molecule has 1 unspecified atom stereocenters. The highest BCUT2D eigenvalue weighted by molar-refractivity contribution is 5.57. The van der Waals surface area contributed by atoms with Crippen LogP contribution in [0.2, 0.25) is 0 Å². The Kier molecular flexibility index (Phi) is 6.26. The Labute approximate surface area is 113 Å². The molecule has 0 aliphatic heterocycles. The van der Waals surface area contributed by atoms with Crippen LogP contribution in [-0.2, 0) is 0 Å². The Bertz CT molecular complexity index is 441. The van der Waals surface area contributed by atoms with Gasteiger partial charge in [-0.2, -0.15) is 5.26 Å². The fourth-order valence-electron chi connectivity index (χ4n) is 1.84. The van der Waals surface area contributed by atoms with Gasteiger partial charge in [0.2, 0.25) is 0 Å².